The zero-order chi connectivity index (χ0) is 12.0. The first-order valence-electron chi connectivity index (χ1n) is 5.79. The molecule has 2 unspecified atom stereocenters. The largest absolute Gasteiger partial charge is 0.369 e. The summed E-state index contributed by atoms with van der Waals surface area (Å²) in [6.07, 6.45) is 2.27. The number of nitrogens with two attached hydrogens (primary N) is 1. The van der Waals surface area contributed by atoms with Gasteiger partial charge in [0.05, 0.1) is 12.2 Å². The van der Waals surface area contributed by atoms with E-state index in [9.17, 15) is 0 Å². The second-order valence-electron chi connectivity index (χ2n) is 3.98. The first-order valence-corrected chi connectivity index (χ1v) is 6.16. The van der Waals surface area contributed by atoms with Crippen LogP contribution in [0.4, 0.5) is 0 Å². The lowest BCUT2D eigenvalue weighted by molar-refractivity contribution is -0.00277. The average molecular weight is 242 g/mol. The van der Waals surface area contributed by atoms with Gasteiger partial charge in [-0.2, -0.15) is 0 Å². The molecule has 0 aromatic heterocycles. The lowest BCUT2D eigenvalue weighted by Gasteiger charge is -2.22. The van der Waals surface area contributed by atoms with Gasteiger partial charge in [0, 0.05) is 17.1 Å². The van der Waals surface area contributed by atoms with Gasteiger partial charge in [0.15, 0.2) is 0 Å². The van der Waals surface area contributed by atoms with Crippen molar-refractivity contribution in [1.29, 1.82) is 0 Å². The highest BCUT2D eigenvalue weighted by molar-refractivity contribution is 6.31. The summed E-state index contributed by atoms with van der Waals surface area (Å²) in [5.41, 5.74) is 6.72. The van der Waals surface area contributed by atoms with Crippen LogP contribution >= 0.6 is 11.6 Å². The molecule has 0 bridgehead atoms. The normalized spacial score (nSPS) is 14.8. The van der Waals surface area contributed by atoms with Gasteiger partial charge in [0.1, 0.15) is 0 Å². The standard InChI is InChI=1S/C13H20ClNO/c1-3-6-10(2)16-13(9-15)11-7-4-5-8-12(11)14/h4-5,7-8,10,13H,3,6,9,15H2,1-2H3. The van der Waals surface area contributed by atoms with Crippen LogP contribution in [0.1, 0.15) is 38.4 Å². The van der Waals surface area contributed by atoms with Crippen molar-refractivity contribution < 1.29 is 4.74 Å². The molecule has 0 saturated heterocycles. The van der Waals surface area contributed by atoms with E-state index in [0.717, 1.165) is 23.4 Å². The van der Waals surface area contributed by atoms with Crippen LogP contribution in [-0.4, -0.2) is 12.6 Å². The molecule has 2 N–H and O–H groups in total. The van der Waals surface area contributed by atoms with Gasteiger partial charge < -0.3 is 10.5 Å². The number of halogens is 1. The molecule has 0 heterocycles. The number of ether oxygens (including phenoxy) is 1. The van der Waals surface area contributed by atoms with E-state index in [1.165, 1.54) is 0 Å². The van der Waals surface area contributed by atoms with E-state index in [2.05, 4.69) is 13.8 Å². The Morgan fingerprint density at radius 2 is 2.06 bits per heavy atom. The van der Waals surface area contributed by atoms with Crippen molar-refractivity contribution in [2.24, 2.45) is 5.73 Å². The molecule has 0 radical (unpaired) electrons. The molecule has 0 aliphatic carbocycles. The van der Waals surface area contributed by atoms with Crippen LogP contribution in [0.3, 0.4) is 0 Å². The van der Waals surface area contributed by atoms with Crippen LogP contribution in [0, 0.1) is 0 Å². The molecular formula is C13H20ClNO. The van der Waals surface area contributed by atoms with Gasteiger partial charge in [0.2, 0.25) is 0 Å². The summed E-state index contributed by atoms with van der Waals surface area (Å²) in [4.78, 5) is 0. The molecule has 16 heavy (non-hydrogen) atoms. The Balaban J connectivity index is 2.71. The van der Waals surface area contributed by atoms with Crippen LogP contribution in [0.15, 0.2) is 24.3 Å². The number of hydrogen-bond donors (Lipinski definition) is 1. The molecular weight excluding hydrogens is 222 g/mol. The highest BCUT2D eigenvalue weighted by Gasteiger charge is 2.15. The summed E-state index contributed by atoms with van der Waals surface area (Å²) in [7, 11) is 0. The van der Waals surface area contributed by atoms with Crippen molar-refractivity contribution in [3.05, 3.63) is 34.9 Å². The van der Waals surface area contributed by atoms with Gasteiger partial charge >= 0.3 is 0 Å². The molecule has 0 aliphatic rings. The zero-order valence-electron chi connectivity index (χ0n) is 9.95. The summed E-state index contributed by atoms with van der Waals surface area (Å²) in [6.45, 7) is 4.67. The molecule has 1 rings (SSSR count). The maximum Gasteiger partial charge on any atom is 0.0965 e. The Morgan fingerprint density at radius 3 is 2.62 bits per heavy atom. The molecule has 0 aliphatic heterocycles. The third kappa shape index (κ3) is 3.78. The fourth-order valence-corrected chi connectivity index (χ4v) is 2.00. The fourth-order valence-electron chi connectivity index (χ4n) is 1.75. The average Bonchev–Trinajstić information content (AvgIpc) is 2.27. The molecule has 0 amide bonds. The molecule has 1 aromatic rings. The fraction of sp³-hybridized carbons (Fsp3) is 0.538. The minimum Gasteiger partial charge on any atom is -0.369 e. The van der Waals surface area contributed by atoms with Gasteiger partial charge in [-0.25, -0.2) is 0 Å². The minimum absolute atomic E-state index is 0.102. The summed E-state index contributed by atoms with van der Waals surface area (Å²) >= 11 is 6.12. The molecule has 1 aromatic carbocycles. The third-order valence-corrected chi connectivity index (χ3v) is 2.90. The Morgan fingerprint density at radius 1 is 1.38 bits per heavy atom. The molecule has 0 fully saturated rings. The van der Waals surface area contributed by atoms with Gasteiger partial charge in [-0.15, -0.1) is 0 Å². The minimum atomic E-state index is -0.102. The van der Waals surface area contributed by atoms with Crippen molar-refractivity contribution >= 4 is 11.6 Å². The van der Waals surface area contributed by atoms with Crippen LogP contribution in [-0.2, 0) is 4.74 Å². The van der Waals surface area contributed by atoms with Gasteiger partial charge in [-0.1, -0.05) is 43.1 Å². The first kappa shape index (κ1) is 13.5. The molecule has 90 valence electrons. The second-order valence-corrected chi connectivity index (χ2v) is 4.39. The van der Waals surface area contributed by atoms with Gasteiger partial charge in [-0.05, 0) is 19.4 Å². The highest BCUT2D eigenvalue weighted by Crippen LogP contribution is 2.26. The SMILES string of the molecule is CCCC(C)OC(CN)c1ccccc1Cl. The summed E-state index contributed by atoms with van der Waals surface area (Å²) in [5, 5.41) is 0.724. The van der Waals surface area contributed by atoms with Crippen molar-refractivity contribution in [3.8, 4) is 0 Å². The number of hydrogen-bond acceptors (Lipinski definition) is 2. The maximum absolute atomic E-state index is 6.12. The van der Waals surface area contributed by atoms with E-state index >= 15 is 0 Å². The van der Waals surface area contributed by atoms with E-state index in [1.807, 2.05) is 24.3 Å². The number of benzene rings is 1. The Hall–Kier alpha value is -0.570. The van der Waals surface area contributed by atoms with Crippen LogP contribution in [0.5, 0.6) is 0 Å². The Bertz CT molecular complexity index is 317. The lowest BCUT2D eigenvalue weighted by atomic mass is 10.1. The van der Waals surface area contributed by atoms with E-state index < -0.39 is 0 Å². The Kier molecular flexibility index (Phi) is 5.81. The van der Waals surface area contributed by atoms with Gasteiger partial charge in [-0.3, -0.25) is 0 Å². The molecule has 0 spiro atoms. The topological polar surface area (TPSA) is 35.2 Å². The predicted octanol–water partition coefficient (Wildman–Crippen LogP) is 3.55. The molecule has 2 atom stereocenters. The maximum atomic E-state index is 6.12. The zero-order valence-corrected chi connectivity index (χ0v) is 10.7. The first-order chi connectivity index (χ1) is 7.69. The molecule has 2 nitrogen and oxygen atoms in total. The van der Waals surface area contributed by atoms with Crippen molar-refractivity contribution in [1.82, 2.24) is 0 Å². The van der Waals surface area contributed by atoms with Crippen molar-refractivity contribution in [2.75, 3.05) is 6.54 Å². The molecule has 3 heteroatoms. The van der Waals surface area contributed by atoms with E-state index in [1.54, 1.807) is 0 Å². The smallest absolute Gasteiger partial charge is 0.0965 e. The molecule has 0 saturated carbocycles. The van der Waals surface area contributed by atoms with Crippen molar-refractivity contribution in [2.45, 2.75) is 38.9 Å². The van der Waals surface area contributed by atoms with Crippen LogP contribution in [0.2, 0.25) is 5.02 Å². The van der Waals surface area contributed by atoms with Crippen molar-refractivity contribution in [3.63, 3.8) is 0 Å². The number of rotatable bonds is 6. The summed E-state index contributed by atoms with van der Waals surface area (Å²) < 4.78 is 5.90. The highest BCUT2D eigenvalue weighted by atomic mass is 35.5. The predicted molar refractivity (Wildman–Crippen MR) is 68.7 cm³/mol. The van der Waals surface area contributed by atoms with E-state index in [4.69, 9.17) is 22.1 Å². The summed E-state index contributed by atoms with van der Waals surface area (Å²) in [6, 6.07) is 7.71. The monoisotopic (exact) mass is 241 g/mol. The second kappa shape index (κ2) is 6.89. The summed E-state index contributed by atoms with van der Waals surface area (Å²) in [5.74, 6) is 0. The van der Waals surface area contributed by atoms with Gasteiger partial charge in [0.25, 0.3) is 0 Å². The van der Waals surface area contributed by atoms with E-state index in [-0.39, 0.29) is 12.2 Å². The quantitative estimate of drug-likeness (QED) is 0.827. The lowest BCUT2D eigenvalue weighted by Crippen LogP contribution is -2.21. The third-order valence-electron chi connectivity index (χ3n) is 2.56. The van der Waals surface area contributed by atoms with Crippen LogP contribution < -0.4 is 5.73 Å². The Labute approximate surface area is 103 Å². The van der Waals surface area contributed by atoms with Crippen LogP contribution in [0.25, 0.3) is 0 Å². The van der Waals surface area contributed by atoms with E-state index in [0.29, 0.717) is 6.54 Å².